The Balaban J connectivity index is 1.61. The molecule has 2 aromatic heterocycles. The number of hydrogen-bond acceptors (Lipinski definition) is 7. The smallest absolute Gasteiger partial charge is 0.287 e. The molecular formula is C24H17ClFN7O3S. The third-order valence-electron chi connectivity index (χ3n) is 5.71. The number of nitriles is 1. The summed E-state index contributed by atoms with van der Waals surface area (Å²) in [5, 5.41) is 17.6. The number of imidazole rings is 1. The Kier molecular flexibility index (Phi) is 6.56. The Hall–Kier alpha value is -4.34. The van der Waals surface area contributed by atoms with Gasteiger partial charge in [0.05, 0.1) is 28.9 Å². The van der Waals surface area contributed by atoms with Crippen molar-refractivity contribution in [3.05, 3.63) is 76.1 Å². The highest BCUT2D eigenvalue weighted by molar-refractivity contribution is 7.13. The van der Waals surface area contributed by atoms with Gasteiger partial charge in [-0.05, 0) is 35.8 Å². The van der Waals surface area contributed by atoms with Crippen LogP contribution in [0.25, 0.3) is 10.1 Å². The van der Waals surface area contributed by atoms with E-state index in [4.69, 9.17) is 16.9 Å². The van der Waals surface area contributed by atoms with Crippen LogP contribution in [-0.2, 0) is 11.3 Å². The minimum atomic E-state index is -1.01. The maximum Gasteiger partial charge on any atom is 0.287 e. The van der Waals surface area contributed by atoms with E-state index in [0.717, 1.165) is 16.2 Å². The van der Waals surface area contributed by atoms with Gasteiger partial charge in [-0.2, -0.15) is 9.64 Å². The Labute approximate surface area is 218 Å². The molecule has 0 saturated heterocycles. The third-order valence-corrected chi connectivity index (χ3v) is 6.88. The average molecular weight is 538 g/mol. The van der Waals surface area contributed by atoms with E-state index in [1.165, 1.54) is 22.8 Å². The first-order valence-corrected chi connectivity index (χ1v) is 12.2. The molecule has 0 aliphatic carbocycles. The van der Waals surface area contributed by atoms with Gasteiger partial charge in [0.2, 0.25) is 11.7 Å². The van der Waals surface area contributed by atoms with Crippen molar-refractivity contribution in [2.24, 2.45) is 0 Å². The van der Waals surface area contributed by atoms with Gasteiger partial charge in [0, 0.05) is 22.5 Å². The quantitative estimate of drug-likeness (QED) is 0.322. The average Bonchev–Trinajstić information content (AvgIpc) is 3.47. The summed E-state index contributed by atoms with van der Waals surface area (Å²) in [5.41, 5.74) is 0.634. The summed E-state index contributed by atoms with van der Waals surface area (Å²) in [7, 11) is 0. The summed E-state index contributed by atoms with van der Waals surface area (Å²) in [6.45, 7) is -0.211. The zero-order chi connectivity index (χ0) is 26.1. The fraction of sp³-hybridized carbons (Fsp3) is 0.167. The molecule has 3 N–H and O–H groups in total. The molecule has 37 heavy (non-hydrogen) atoms. The highest BCUT2D eigenvalue weighted by atomic mass is 35.5. The standard InChI is InChI=1S/C24H17ClFN7O3S/c25-15-7-6-12(26)10-14(15)18-20-21(31-23(35)19-13-4-1-2-5-16(13)37-32-19)30-22(24(36)28-9-3-8-27)33(20)11-17(34)29-18/h1-2,4-7,10,18H,3,9,11H2,(H,28,36)(H,29,34)(H,31,35). The third kappa shape index (κ3) is 4.62. The number of benzene rings is 2. The second kappa shape index (κ2) is 9.96. The Bertz CT molecular complexity index is 1610. The summed E-state index contributed by atoms with van der Waals surface area (Å²) >= 11 is 7.51. The normalized spacial score (nSPS) is 14.5. The molecule has 3 heterocycles. The predicted molar refractivity (Wildman–Crippen MR) is 134 cm³/mol. The van der Waals surface area contributed by atoms with Crippen LogP contribution in [0.3, 0.4) is 0 Å². The lowest BCUT2D eigenvalue weighted by Crippen LogP contribution is -2.41. The Morgan fingerprint density at radius 2 is 2.08 bits per heavy atom. The summed E-state index contributed by atoms with van der Waals surface area (Å²) in [6, 6.07) is 11.8. The van der Waals surface area contributed by atoms with Crippen molar-refractivity contribution in [2.75, 3.05) is 11.9 Å². The molecule has 2 aromatic carbocycles. The van der Waals surface area contributed by atoms with Crippen molar-refractivity contribution in [1.29, 1.82) is 5.26 Å². The van der Waals surface area contributed by atoms with Gasteiger partial charge in [-0.15, -0.1) is 0 Å². The van der Waals surface area contributed by atoms with E-state index in [1.54, 1.807) is 12.1 Å². The lowest BCUT2D eigenvalue weighted by molar-refractivity contribution is -0.123. The number of nitrogens with one attached hydrogen (secondary N) is 3. The minimum absolute atomic E-state index is 0.0159. The van der Waals surface area contributed by atoms with Gasteiger partial charge in [-0.1, -0.05) is 29.8 Å². The Morgan fingerprint density at radius 1 is 1.27 bits per heavy atom. The number of carbonyl (C=O) groups excluding carboxylic acids is 3. The van der Waals surface area contributed by atoms with E-state index < -0.39 is 29.6 Å². The van der Waals surface area contributed by atoms with Crippen molar-refractivity contribution in [3.63, 3.8) is 0 Å². The molecular weight excluding hydrogens is 521 g/mol. The van der Waals surface area contributed by atoms with Gasteiger partial charge >= 0.3 is 0 Å². The summed E-state index contributed by atoms with van der Waals surface area (Å²) in [6.07, 6.45) is 0.0712. The molecule has 1 aliphatic heterocycles. The molecule has 186 valence electrons. The van der Waals surface area contributed by atoms with E-state index in [0.29, 0.717) is 5.39 Å². The van der Waals surface area contributed by atoms with Crippen molar-refractivity contribution in [1.82, 2.24) is 24.6 Å². The van der Waals surface area contributed by atoms with E-state index >= 15 is 0 Å². The highest BCUT2D eigenvalue weighted by Crippen LogP contribution is 2.36. The van der Waals surface area contributed by atoms with Crippen molar-refractivity contribution in [2.45, 2.75) is 19.0 Å². The monoisotopic (exact) mass is 537 g/mol. The van der Waals surface area contributed by atoms with Crippen LogP contribution in [0.15, 0.2) is 42.5 Å². The molecule has 4 aromatic rings. The van der Waals surface area contributed by atoms with Crippen LogP contribution in [0, 0.1) is 17.1 Å². The van der Waals surface area contributed by atoms with Crippen LogP contribution in [0.2, 0.25) is 5.02 Å². The molecule has 1 aliphatic rings. The molecule has 0 bridgehead atoms. The molecule has 0 fully saturated rings. The molecule has 0 saturated carbocycles. The van der Waals surface area contributed by atoms with Crippen LogP contribution < -0.4 is 16.0 Å². The number of rotatable bonds is 6. The molecule has 13 heteroatoms. The largest absolute Gasteiger partial charge is 0.348 e. The fourth-order valence-corrected chi connectivity index (χ4v) is 5.09. The molecule has 3 amide bonds. The van der Waals surface area contributed by atoms with E-state index in [9.17, 15) is 18.8 Å². The number of anilines is 1. The lowest BCUT2D eigenvalue weighted by Gasteiger charge is -2.28. The van der Waals surface area contributed by atoms with Crippen LogP contribution in [-0.4, -0.2) is 38.2 Å². The topological polar surface area (TPSA) is 142 Å². The van der Waals surface area contributed by atoms with Gasteiger partial charge in [-0.25, -0.2) is 9.37 Å². The van der Waals surface area contributed by atoms with Crippen molar-refractivity contribution < 1.29 is 18.8 Å². The number of hydrogen-bond donors (Lipinski definition) is 3. The van der Waals surface area contributed by atoms with Gasteiger partial charge < -0.3 is 20.5 Å². The van der Waals surface area contributed by atoms with Crippen LogP contribution in [0.4, 0.5) is 10.2 Å². The summed E-state index contributed by atoms with van der Waals surface area (Å²) in [4.78, 5) is 43.2. The lowest BCUT2D eigenvalue weighted by atomic mass is 10.0. The molecule has 1 unspecified atom stereocenters. The minimum Gasteiger partial charge on any atom is -0.348 e. The maximum absolute atomic E-state index is 14.2. The van der Waals surface area contributed by atoms with Crippen LogP contribution in [0.1, 0.15) is 44.8 Å². The van der Waals surface area contributed by atoms with E-state index in [2.05, 4.69) is 25.3 Å². The highest BCUT2D eigenvalue weighted by Gasteiger charge is 2.36. The molecule has 5 rings (SSSR count). The van der Waals surface area contributed by atoms with E-state index in [1.807, 2.05) is 18.2 Å². The second-order valence-electron chi connectivity index (χ2n) is 8.07. The van der Waals surface area contributed by atoms with Gasteiger partial charge in [0.1, 0.15) is 18.1 Å². The number of amides is 3. The Morgan fingerprint density at radius 3 is 2.89 bits per heavy atom. The zero-order valence-electron chi connectivity index (χ0n) is 18.9. The number of fused-ring (bicyclic) bond motifs is 2. The number of nitrogens with zero attached hydrogens (tertiary/aromatic N) is 4. The van der Waals surface area contributed by atoms with Crippen molar-refractivity contribution >= 4 is 56.8 Å². The fourth-order valence-electron chi connectivity index (χ4n) is 4.09. The predicted octanol–water partition coefficient (Wildman–Crippen LogP) is 3.40. The van der Waals surface area contributed by atoms with Gasteiger partial charge in [0.15, 0.2) is 5.82 Å². The van der Waals surface area contributed by atoms with Gasteiger partial charge in [0.25, 0.3) is 11.8 Å². The molecule has 0 radical (unpaired) electrons. The van der Waals surface area contributed by atoms with Crippen LogP contribution in [0.5, 0.6) is 0 Å². The zero-order valence-corrected chi connectivity index (χ0v) is 20.5. The van der Waals surface area contributed by atoms with Crippen LogP contribution >= 0.6 is 23.1 Å². The first kappa shape index (κ1) is 24.4. The summed E-state index contributed by atoms with van der Waals surface area (Å²) < 4.78 is 20.6. The SMILES string of the molecule is N#CCCNC(=O)c1nc(NC(=O)c2nsc3ccccc23)c2n1CC(=O)NC2c1cc(F)ccc1Cl. The molecule has 0 spiro atoms. The maximum atomic E-state index is 14.2. The number of aromatic nitrogens is 3. The number of halogens is 2. The molecule has 1 atom stereocenters. The molecule has 10 nitrogen and oxygen atoms in total. The second-order valence-corrected chi connectivity index (χ2v) is 9.28. The van der Waals surface area contributed by atoms with Crippen molar-refractivity contribution in [3.8, 4) is 6.07 Å². The van der Waals surface area contributed by atoms with E-state index in [-0.39, 0.29) is 53.1 Å². The first-order chi connectivity index (χ1) is 17.9. The summed E-state index contributed by atoms with van der Waals surface area (Å²) in [5.74, 6) is -2.44. The first-order valence-electron chi connectivity index (χ1n) is 11.0. The van der Waals surface area contributed by atoms with Gasteiger partial charge in [-0.3, -0.25) is 14.4 Å². The number of carbonyl (C=O) groups is 3.